The van der Waals surface area contributed by atoms with Crippen LogP contribution in [0.15, 0.2) is 23.8 Å². The molecule has 13 heavy (non-hydrogen) atoms. The lowest BCUT2D eigenvalue weighted by molar-refractivity contribution is 0.332. The summed E-state index contributed by atoms with van der Waals surface area (Å²) in [7, 11) is 0. The molecule has 1 aromatic carbocycles. The first-order valence-electron chi connectivity index (χ1n) is 3.86. The molecule has 0 aliphatic rings. The smallest absolute Gasteiger partial charge is 0.0642 e. The molecule has 0 saturated heterocycles. The molecule has 0 spiro atoms. The topological polar surface area (TPSA) is 20.2 Å². The summed E-state index contributed by atoms with van der Waals surface area (Å²) < 4.78 is 0. The van der Waals surface area contributed by atoms with Crippen molar-refractivity contribution in [2.75, 3.05) is 6.61 Å². The van der Waals surface area contributed by atoms with E-state index >= 15 is 0 Å². The van der Waals surface area contributed by atoms with Crippen molar-refractivity contribution in [1.82, 2.24) is 0 Å². The number of benzene rings is 1. The van der Waals surface area contributed by atoms with Crippen LogP contribution in [0.25, 0.3) is 6.08 Å². The van der Waals surface area contributed by atoms with E-state index < -0.39 is 0 Å². The molecule has 1 rings (SSSR count). The lowest BCUT2D eigenvalue weighted by Crippen LogP contribution is -1.83. The van der Waals surface area contributed by atoms with Crippen LogP contribution in [0.1, 0.15) is 12.5 Å². The van der Waals surface area contributed by atoms with Crippen LogP contribution < -0.4 is 0 Å². The average molecular weight is 217 g/mol. The summed E-state index contributed by atoms with van der Waals surface area (Å²) in [6.07, 6.45) is 1.86. The van der Waals surface area contributed by atoms with Crippen LogP contribution in [0.2, 0.25) is 10.0 Å². The zero-order chi connectivity index (χ0) is 9.84. The fraction of sp³-hybridized carbons (Fsp3) is 0.200. The Morgan fingerprint density at radius 2 is 2.08 bits per heavy atom. The number of aliphatic hydroxyl groups excluding tert-OH is 1. The van der Waals surface area contributed by atoms with E-state index in [1.165, 1.54) is 0 Å². The van der Waals surface area contributed by atoms with Gasteiger partial charge in [-0.15, -0.1) is 0 Å². The minimum absolute atomic E-state index is 0.0558. The zero-order valence-electron chi connectivity index (χ0n) is 7.22. The fourth-order valence-electron chi connectivity index (χ4n) is 0.932. The standard InChI is InChI=1S/C10H10Cl2O/c1-7(6-13)4-8-2-3-9(11)10(12)5-8/h2-5,13H,6H2,1H3. The third kappa shape index (κ3) is 3.03. The first-order chi connectivity index (χ1) is 6.13. The van der Waals surface area contributed by atoms with E-state index in [1.54, 1.807) is 12.1 Å². The molecule has 1 aromatic rings. The Hall–Kier alpha value is -0.500. The van der Waals surface area contributed by atoms with Crippen molar-refractivity contribution < 1.29 is 5.11 Å². The van der Waals surface area contributed by atoms with Gasteiger partial charge in [0.15, 0.2) is 0 Å². The molecule has 1 N–H and O–H groups in total. The zero-order valence-corrected chi connectivity index (χ0v) is 8.73. The number of halogens is 2. The van der Waals surface area contributed by atoms with E-state index in [0.717, 1.165) is 11.1 Å². The van der Waals surface area contributed by atoms with Crippen LogP contribution in [0.4, 0.5) is 0 Å². The highest BCUT2D eigenvalue weighted by atomic mass is 35.5. The summed E-state index contributed by atoms with van der Waals surface area (Å²) in [6.45, 7) is 1.91. The summed E-state index contributed by atoms with van der Waals surface area (Å²) in [6, 6.07) is 5.36. The third-order valence-corrected chi connectivity index (χ3v) is 2.35. The maximum Gasteiger partial charge on any atom is 0.0642 e. The molecular formula is C10H10Cl2O. The van der Waals surface area contributed by atoms with Gasteiger partial charge in [-0.05, 0) is 30.2 Å². The molecule has 0 atom stereocenters. The molecule has 0 radical (unpaired) electrons. The van der Waals surface area contributed by atoms with Crippen molar-refractivity contribution in [3.8, 4) is 0 Å². The van der Waals surface area contributed by atoms with Crippen LogP contribution in [-0.4, -0.2) is 11.7 Å². The van der Waals surface area contributed by atoms with Gasteiger partial charge in [0.2, 0.25) is 0 Å². The van der Waals surface area contributed by atoms with Gasteiger partial charge in [0.1, 0.15) is 0 Å². The molecular weight excluding hydrogens is 207 g/mol. The summed E-state index contributed by atoms with van der Waals surface area (Å²) in [4.78, 5) is 0. The highest BCUT2D eigenvalue weighted by Crippen LogP contribution is 2.23. The van der Waals surface area contributed by atoms with E-state index in [4.69, 9.17) is 28.3 Å². The molecule has 0 fully saturated rings. The average Bonchev–Trinajstić information content (AvgIpc) is 2.11. The second-order valence-electron chi connectivity index (χ2n) is 2.82. The predicted molar refractivity (Wildman–Crippen MR) is 57.2 cm³/mol. The molecule has 0 saturated carbocycles. The van der Waals surface area contributed by atoms with E-state index in [1.807, 2.05) is 19.1 Å². The van der Waals surface area contributed by atoms with E-state index in [9.17, 15) is 0 Å². The first kappa shape index (κ1) is 10.6. The van der Waals surface area contributed by atoms with Crippen LogP contribution in [0.3, 0.4) is 0 Å². The summed E-state index contributed by atoms with van der Waals surface area (Å²) >= 11 is 11.6. The Morgan fingerprint density at radius 3 is 2.62 bits per heavy atom. The number of aliphatic hydroxyl groups is 1. The Kier molecular flexibility index (Phi) is 3.79. The SMILES string of the molecule is CC(=Cc1ccc(Cl)c(Cl)c1)CO. The van der Waals surface area contributed by atoms with Gasteiger partial charge < -0.3 is 5.11 Å². The number of rotatable bonds is 2. The van der Waals surface area contributed by atoms with E-state index in [-0.39, 0.29) is 6.61 Å². The van der Waals surface area contributed by atoms with Gasteiger partial charge in [0.25, 0.3) is 0 Å². The predicted octanol–water partition coefficient (Wildman–Crippen LogP) is 3.39. The first-order valence-corrected chi connectivity index (χ1v) is 4.62. The van der Waals surface area contributed by atoms with Crippen molar-refractivity contribution >= 4 is 29.3 Å². The fourth-order valence-corrected chi connectivity index (χ4v) is 1.24. The minimum Gasteiger partial charge on any atom is -0.392 e. The molecule has 3 heteroatoms. The molecule has 0 bridgehead atoms. The summed E-state index contributed by atoms with van der Waals surface area (Å²) in [5.41, 5.74) is 1.83. The van der Waals surface area contributed by atoms with Gasteiger partial charge in [-0.25, -0.2) is 0 Å². The second-order valence-corrected chi connectivity index (χ2v) is 3.64. The quantitative estimate of drug-likeness (QED) is 0.804. The Bertz CT molecular complexity index is 332. The van der Waals surface area contributed by atoms with Crippen LogP contribution in [-0.2, 0) is 0 Å². The van der Waals surface area contributed by atoms with Gasteiger partial charge >= 0.3 is 0 Å². The monoisotopic (exact) mass is 216 g/mol. The van der Waals surface area contributed by atoms with Crippen molar-refractivity contribution in [2.45, 2.75) is 6.92 Å². The second kappa shape index (κ2) is 4.66. The minimum atomic E-state index is 0.0558. The largest absolute Gasteiger partial charge is 0.392 e. The van der Waals surface area contributed by atoms with Crippen molar-refractivity contribution in [3.63, 3.8) is 0 Å². The molecule has 1 nitrogen and oxygen atoms in total. The Morgan fingerprint density at radius 1 is 1.38 bits per heavy atom. The Balaban J connectivity index is 2.98. The van der Waals surface area contributed by atoms with Crippen molar-refractivity contribution in [3.05, 3.63) is 39.4 Å². The van der Waals surface area contributed by atoms with Gasteiger partial charge in [-0.2, -0.15) is 0 Å². The van der Waals surface area contributed by atoms with Crippen molar-refractivity contribution in [1.29, 1.82) is 0 Å². The molecule has 0 heterocycles. The summed E-state index contributed by atoms with van der Waals surface area (Å²) in [5.74, 6) is 0. The molecule has 0 unspecified atom stereocenters. The van der Waals surface area contributed by atoms with E-state index in [0.29, 0.717) is 10.0 Å². The van der Waals surface area contributed by atoms with Crippen LogP contribution in [0.5, 0.6) is 0 Å². The lowest BCUT2D eigenvalue weighted by atomic mass is 10.1. The molecule has 0 amide bonds. The van der Waals surface area contributed by atoms with Gasteiger partial charge in [0, 0.05) is 0 Å². The normalized spacial score (nSPS) is 11.8. The van der Waals surface area contributed by atoms with Gasteiger partial charge in [-0.3, -0.25) is 0 Å². The third-order valence-electron chi connectivity index (χ3n) is 1.61. The highest BCUT2D eigenvalue weighted by molar-refractivity contribution is 6.42. The van der Waals surface area contributed by atoms with E-state index in [2.05, 4.69) is 0 Å². The van der Waals surface area contributed by atoms with Crippen LogP contribution >= 0.6 is 23.2 Å². The number of hydrogen-bond donors (Lipinski definition) is 1. The molecule has 0 aromatic heterocycles. The Labute approximate surface area is 87.6 Å². The van der Waals surface area contributed by atoms with Gasteiger partial charge in [-0.1, -0.05) is 35.3 Å². The van der Waals surface area contributed by atoms with Crippen molar-refractivity contribution in [2.24, 2.45) is 0 Å². The number of hydrogen-bond acceptors (Lipinski definition) is 1. The maximum atomic E-state index is 8.79. The summed E-state index contributed by atoms with van der Waals surface area (Å²) in [5, 5.41) is 9.86. The molecule has 70 valence electrons. The molecule has 0 aliphatic carbocycles. The molecule has 0 aliphatic heterocycles. The van der Waals surface area contributed by atoms with Gasteiger partial charge in [0.05, 0.1) is 16.7 Å². The lowest BCUT2D eigenvalue weighted by Gasteiger charge is -1.99. The maximum absolute atomic E-state index is 8.79. The highest BCUT2D eigenvalue weighted by Gasteiger charge is 1.97. The van der Waals surface area contributed by atoms with Crippen LogP contribution in [0, 0.1) is 0 Å².